The van der Waals surface area contributed by atoms with Gasteiger partial charge >= 0.3 is 0 Å². The van der Waals surface area contributed by atoms with Crippen LogP contribution in [0.1, 0.15) is 29.0 Å². The topological polar surface area (TPSA) is 35.5 Å². The average molecular weight is 804 g/mol. The van der Waals surface area contributed by atoms with Gasteiger partial charge in [0.15, 0.2) is 0 Å². The smallest absolute Gasteiger partial charge is 0.256 e. The molecule has 9 aromatic rings. The van der Waals surface area contributed by atoms with E-state index in [4.69, 9.17) is 9.97 Å². The molecular weight excluding hydrogens is 764 g/mol. The number of aromatic nitrogens is 2. The Morgan fingerprint density at radius 1 is 0.460 bits per heavy atom. The fourth-order valence-electron chi connectivity index (χ4n) is 12.1. The van der Waals surface area contributed by atoms with Gasteiger partial charge in [-0.25, -0.2) is 9.97 Å². The van der Waals surface area contributed by atoms with Crippen molar-refractivity contribution in [1.82, 2.24) is 9.97 Å². The third kappa shape index (κ3) is 4.90. The van der Waals surface area contributed by atoms with Crippen molar-refractivity contribution in [2.75, 3.05) is 14.7 Å². The van der Waals surface area contributed by atoms with Crippen LogP contribution in [0, 0.1) is 0 Å². The Labute approximate surface area is 368 Å². The molecular formula is C56H39B2N5. The zero-order valence-corrected chi connectivity index (χ0v) is 34.5. The summed E-state index contributed by atoms with van der Waals surface area (Å²) in [5.74, 6) is 1.38. The van der Waals surface area contributed by atoms with E-state index in [9.17, 15) is 0 Å². The van der Waals surface area contributed by atoms with Crippen molar-refractivity contribution in [3.05, 3.63) is 223 Å². The molecule has 8 aromatic carbocycles. The molecule has 294 valence electrons. The van der Waals surface area contributed by atoms with Crippen LogP contribution < -0.4 is 47.5 Å². The first-order valence-electron chi connectivity index (χ1n) is 22.2. The molecule has 4 aliphatic heterocycles. The maximum Gasteiger partial charge on any atom is 0.256 e. The van der Waals surface area contributed by atoms with Crippen LogP contribution in [-0.2, 0) is 11.8 Å². The van der Waals surface area contributed by atoms with E-state index in [-0.39, 0.29) is 18.8 Å². The summed E-state index contributed by atoms with van der Waals surface area (Å²) in [7, 11) is 0. The van der Waals surface area contributed by atoms with Gasteiger partial charge in [-0.3, -0.25) is 4.90 Å². The summed E-state index contributed by atoms with van der Waals surface area (Å²) in [5.41, 5.74) is 21.5. The predicted octanol–water partition coefficient (Wildman–Crippen LogP) is 8.84. The van der Waals surface area contributed by atoms with E-state index in [1.165, 1.54) is 66.8 Å². The fourth-order valence-corrected chi connectivity index (χ4v) is 12.1. The van der Waals surface area contributed by atoms with Crippen molar-refractivity contribution in [2.45, 2.75) is 24.2 Å². The molecule has 5 heterocycles. The Bertz CT molecular complexity index is 3290. The summed E-state index contributed by atoms with van der Waals surface area (Å²) in [4.78, 5) is 17.2. The monoisotopic (exact) mass is 803 g/mol. The van der Waals surface area contributed by atoms with Gasteiger partial charge < -0.3 is 9.80 Å². The highest BCUT2D eigenvalue weighted by Gasteiger charge is 2.59. The van der Waals surface area contributed by atoms with Gasteiger partial charge in [-0.1, -0.05) is 139 Å². The van der Waals surface area contributed by atoms with Crippen LogP contribution in [-0.4, -0.2) is 23.4 Å². The van der Waals surface area contributed by atoms with E-state index < -0.39 is 0 Å². The molecule has 0 saturated heterocycles. The van der Waals surface area contributed by atoms with Crippen molar-refractivity contribution < 1.29 is 0 Å². The number of hydrogen-bond acceptors (Lipinski definition) is 5. The van der Waals surface area contributed by atoms with E-state index in [0.717, 1.165) is 46.9 Å². The Morgan fingerprint density at radius 3 is 1.67 bits per heavy atom. The molecule has 2 unspecified atom stereocenters. The van der Waals surface area contributed by atoms with Crippen molar-refractivity contribution in [2.24, 2.45) is 0 Å². The van der Waals surface area contributed by atoms with E-state index in [0.29, 0.717) is 5.92 Å². The van der Waals surface area contributed by atoms with E-state index in [1.54, 1.807) is 6.33 Å². The van der Waals surface area contributed by atoms with Crippen LogP contribution in [0.3, 0.4) is 0 Å². The highest BCUT2D eigenvalue weighted by molar-refractivity contribution is 7.02. The number of benzene rings is 8. The Kier molecular flexibility index (Phi) is 7.33. The number of anilines is 9. The second kappa shape index (κ2) is 13.2. The molecule has 5 nitrogen and oxygen atoms in total. The first-order chi connectivity index (χ1) is 31.3. The van der Waals surface area contributed by atoms with Gasteiger partial charge in [0.1, 0.15) is 12.1 Å². The van der Waals surface area contributed by atoms with Crippen molar-refractivity contribution in [1.29, 1.82) is 0 Å². The molecule has 1 aromatic heterocycles. The number of para-hydroxylation sites is 3. The maximum absolute atomic E-state index is 5.09. The molecule has 0 radical (unpaired) electrons. The zero-order valence-electron chi connectivity index (χ0n) is 34.5. The van der Waals surface area contributed by atoms with Crippen molar-refractivity contribution >= 4 is 97.5 Å². The number of fused-ring (bicyclic) bond motifs is 9. The highest BCUT2D eigenvalue weighted by atomic mass is 15.2. The van der Waals surface area contributed by atoms with E-state index in [2.05, 4.69) is 215 Å². The molecule has 1 saturated carbocycles. The molecule has 14 rings (SSSR count). The third-order valence-corrected chi connectivity index (χ3v) is 14.7. The maximum atomic E-state index is 5.09. The molecule has 0 N–H and O–H groups in total. The van der Waals surface area contributed by atoms with Gasteiger partial charge in [0.25, 0.3) is 6.71 Å². The van der Waals surface area contributed by atoms with Gasteiger partial charge in [-0.15, -0.1) is 0 Å². The minimum absolute atomic E-state index is 0.0227. The fraction of sp³-hybridized carbons (Fsp3) is 0.0714. The highest BCUT2D eigenvalue weighted by Crippen LogP contribution is 2.62. The molecule has 1 fully saturated rings. The molecule has 2 atom stereocenters. The molecule has 5 aliphatic rings. The lowest BCUT2D eigenvalue weighted by Gasteiger charge is -2.45. The third-order valence-electron chi connectivity index (χ3n) is 14.7. The van der Waals surface area contributed by atoms with Crippen LogP contribution >= 0.6 is 0 Å². The van der Waals surface area contributed by atoms with Crippen LogP contribution in [0.5, 0.6) is 0 Å². The summed E-state index contributed by atoms with van der Waals surface area (Å²) < 4.78 is 0. The number of nitrogens with zero attached hydrogens (tertiary/aromatic N) is 5. The Hall–Kier alpha value is -7.63. The van der Waals surface area contributed by atoms with Crippen molar-refractivity contribution in [3.63, 3.8) is 0 Å². The minimum Gasteiger partial charge on any atom is -0.311 e. The van der Waals surface area contributed by atoms with E-state index in [1.807, 2.05) is 0 Å². The Morgan fingerprint density at radius 2 is 1.00 bits per heavy atom. The molecule has 1 spiro atoms. The van der Waals surface area contributed by atoms with Crippen LogP contribution in [0.2, 0.25) is 0 Å². The van der Waals surface area contributed by atoms with Crippen molar-refractivity contribution in [3.8, 4) is 0 Å². The van der Waals surface area contributed by atoms with Gasteiger partial charge in [0.05, 0.1) is 0 Å². The molecule has 63 heavy (non-hydrogen) atoms. The van der Waals surface area contributed by atoms with Gasteiger partial charge in [-0.05, 0) is 123 Å². The van der Waals surface area contributed by atoms with E-state index >= 15 is 0 Å². The summed E-state index contributed by atoms with van der Waals surface area (Å²) in [5, 5.41) is 0. The SMILES string of the molecule is c1ccc(C2CC23Cc2cccc4c2B(c2cc5c(cc2N4c2ccccc2)N(c2ccccc2)c2cccc4c2B5c2cncnc2N4c2ccccc2)c2ccccc23)cc1. The lowest BCUT2D eigenvalue weighted by atomic mass is 9.30. The summed E-state index contributed by atoms with van der Waals surface area (Å²) >= 11 is 0. The first-order valence-corrected chi connectivity index (χ1v) is 22.2. The summed E-state index contributed by atoms with van der Waals surface area (Å²) in [6, 6.07) is 72.3. The lowest BCUT2D eigenvalue weighted by Crippen LogP contribution is -2.64. The molecule has 7 heteroatoms. The first kappa shape index (κ1) is 35.0. The van der Waals surface area contributed by atoms with Gasteiger partial charge in [0, 0.05) is 57.1 Å². The minimum atomic E-state index is -0.104. The van der Waals surface area contributed by atoms with Crippen LogP contribution in [0.25, 0.3) is 0 Å². The summed E-state index contributed by atoms with van der Waals surface area (Å²) in [6.45, 7) is -0.0746. The Balaban J connectivity index is 1.08. The number of rotatable bonds is 4. The zero-order chi connectivity index (χ0) is 41.2. The normalized spacial score (nSPS) is 18.1. The number of hydrogen-bond donors (Lipinski definition) is 0. The quantitative estimate of drug-likeness (QED) is 0.166. The second-order valence-electron chi connectivity index (χ2n) is 17.8. The van der Waals surface area contributed by atoms with Crippen LogP contribution in [0.4, 0.5) is 51.3 Å². The lowest BCUT2D eigenvalue weighted by molar-refractivity contribution is 0.667. The standard InChI is InChI=1S/C56H39B2N5/c1-5-17-37(18-6-1)43-34-56(43)33-38-19-15-28-48-53(38)57(44-27-14-13-26-42(44)56)45-31-46-52(32-51(45)61(48)39-20-7-2-8-21-39)62(40-22-9-3-10-23-40)49-29-16-30-50-54(49)58(46)47-35-59-36-60-55(47)63(50)41-24-11-4-12-25-41/h1-32,35-36,43H,33-34H2. The molecule has 0 amide bonds. The van der Waals surface area contributed by atoms with Crippen LogP contribution in [0.15, 0.2) is 207 Å². The average Bonchev–Trinajstić information content (AvgIpc) is 4.10. The second-order valence-corrected chi connectivity index (χ2v) is 17.8. The predicted molar refractivity (Wildman–Crippen MR) is 261 cm³/mol. The molecule has 1 aliphatic carbocycles. The molecule has 0 bridgehead atoms. The largest absolute Gasteiger partial charge is 0.311 e. The van der Waals surface area contributed by atoms with Gasteiger partial charge in [-0.2, -0.15) is 0 Å². The van der Waals surface area contributed by atoms with Gasteiger partial charge in [0.2, 0.25) is 6.71 Å². The summed E-state index contributed by atoms with van der Waals surface area (Å²) in [6.07, 6.45) is 5.92.